The van der Waals surface area contributed by atoms with Crippen molar-refractivity contribution in [2.75, 3.05) is 13.2 Å². The first kappa shape index (κ1) is 11.3. The van der Waals surface area contributed by atoms with E-state index in [9.17, 15) is 0 Å². The van der Waals surface area contributed by atoms with Gasteiger partial charge in [0.05, 0.1) is 0 Å². The highest BCUT2D eigenvalue weighted by atomic mass is 35.5. The Morgan fingerprint density at radius 3 is 2.54 bits per heavy atom. The summed E-state index contributed by atoms with van der Waals surface area (Å²) in [6.07, 6.45) is 4.84. The number of hydrogen-bond acceptors (Lipinski definition) is 1. The molecule has 0 aliphatic carbocycles. The van der Waals surface area contributed by atoms with Crippen molar-refractivity contribution in [1.82, 2.24) is 0 Å². The quantitative estimate of drug-likeness (QED) is 0.638. The zero-order chi connectivity index (χ0) is 9.68. The molecular weight excluding hydrogens is 184 g/mol. The molecule has 1 rings (SSSR count). The fourth-order valence-corrected chi connectivity index (χ4v) is 2.16. The van der Waals surface area contributed by atoms with Crippen LogP contribution in [0.5, 0.6) is 0 Å². The summed E-state index contributed by atoms with van der Waals surface area (Å²) >= 11 is 6.20. The van der Waals surface area contributed by atoms with Gasteiger partial charge < -0.3 is 4.74 Å². The van der Waals surface area contributed by atoms with Gasteiger partial charge in [0.15, 0.2) is 0 Å². The van der Waals surface area contributed by atoms with Crippen molar-refractivity contribution in [3.05, 3.63) is 0 Å². The number of alkyl halides is 1. The molecule has 0 N–H and O–H groups in total. The van der Waals surface area contributed by atoms with E-state index in [2.05, 4.69) is 13.8 Å². The lowest BCUT2D eigenvalue weighted by molar-refractivity contribution is 0.0591. The molecule has 1 heterocycles. The monoisotopic (exact) mass is 204 g/mol. The Morgan fingerprint density at radius 2 is 2.00 bits per heavy atom. The smallest absolute Gasteiger partial charge is 0.0468 e. The van der Waals surface area contributed by atoms with Gasteiger partial charge in [0.25, 0.3) is 0 Å². The normalized spacial score (nSPS) is 24.2. The fraction of sp³-hybridized carbons (Fsp3) is 1.00. The molecule has 1 saturated heterocycles. The van der Waals surface area contributed by atoms with Crippen LogP contribution in [0, 0.1) is 11.8 Å². The zero-order valence-electron chi connectivity index (χ0n) is 8.76. The minimum atomic E-state index is 0.364. The van der Waals surface area contributed by atoms with Gasteiger partial charge in [-0.25, -0.2) is 0 Å². The second-order valence-electron chi connectivity index (χ2n) is 4.19. The molecular formula is C11H21ClO. The third-order valence-corrected chi connectivity index (χ3v) is 3.79. The van der Waals surface area contributed by atoms with Crippen LogP contribution in [0.25, 0.3) is 0 Å². The van der Waals surface area contributed by atoms with E-state index in [1.165, 1.54) is 19.3 Å². The molecule has 0 saturated carbocycles. The highest BCUT2D eigenvalue weighted by molar-refractivity contribution is 6.20. The third kappa shape index (κ3) is 3.86. The van der Waals surface area contributed by atoms with E-state index in [1.807, 2.05) is 0 Å². The minimum absolute atomic E-state index is 0.364. The molecule has 1 aliphatic heterocycles. The van der Waals surface area contributed by atoms with Gasteiger partial charge in [-0.2, -0.15) is 0 Å². The van der Waals surface area contributed by atoms with Crippen LogP contribution in [0.3, 0.4) is 0 Å². The number of halogens is 1. The van der Waals surface area contributed by atoms with Gasteiger partial charge in [-0.15, -0.1) is 11.6 Å². The lowest BCUT2D eigenvalue weighted by atomic mass is 9.87. The standard InChI is InChI=1S/C11H21ClO/c1-3-11(12)9(2)8-10-4-6-13-7-5-10/h9-11H,3-8H2,1-2H3. The van der Waals surface area contributed by atoms with Crippen molar-refractivity contribution in [3.63, 3.8) is 0 Å². The summed E-state index contributed by atoms with van der Waals surface area (Å²) in [6, 6.07) is 0. The molecule has 2 atom stereocenters. The van der Waals surface area contributed by atoms with Gasteiger partial charge in [0.2, 0.25) is 0 Å². The Balaban J connectivity index is 2.21. The summed E-state index contributed by atoms with van der Waals surface area (Å²) in [5.41, 5.74) is 0. The molecule has 0 radical (unpaired) electrons. The summed E-state index contributed by atoms with van der Waals surface area (Å²) < 4.78 is 5.34. The minimum Gasteiger partial charge on any atom is -0.381 e. The molecule has 0 aromatic carbocycles. The van der Waals surface area contributed by atoms with E-state index >= 15 is 0 Å². The molecule has 0 spiro atoms. The van der Waals surface area contributed by atoms with Crippen molar-refractivity contribution < 1.29 is 4.74 Å². The van der Waals surface area contributed by atoms with E-state index in [4.69, 9.17) is 16.3 Å². The molecule has 0 amide bonds. The third-order valence-electron chi connectivity index (χ3n) is 3.05. The van der Waals surface area contributed by atoms with E-state index < -0.39 is 0 Å². The predicted molar refractivity (Wildman–Crippen MR) is 57.3 cm³/mol. The van der Waals surface area contributed by atoms with Gasteiger partial charge in [-0.1, -0.05) is 13.8 Å². The number of ether oxygens (including phenoxy) is 1. The molecule has 78 valence electrons. The van der Waals surface area contributed by atoms with E-state index in [0.717, 1.165) is 25.6 Å². The van der Waals surface area contributed by atoms with Crippen molar-refractivity contribution in [2.24, 2.45) is 11.8 Å². The first-order chi connectivity index (χ1) is 6.24. The molecule has 1 fully saturated rings. The summed E-state index contributed by atoms with van der Waals surface area (Å²) in [4.78, 5) is 0. The molecule has 1 aliphatic rings. The van der Waals surface area contributed by atoms with Crippen LogP contribution in [0.1, 0.15) is 39.5 Å². The van der Waals surface area contributed by atoms with Crippen LogP contribution in [-0.2, 0) is 4.74 Å². The van der Waals surface area contributed by atoms with E-state index in [0.29, 0.717) is 11.3 Å². The first-order valence-corrected chi connectivity index (χ1v) is 5.89. The first-order valence-electron chi connectivity index (χ1n) is 5.45. The van der Waals surface area contributed by atoms with Crippen LogP contribution in [0.15, 0.2) is 0 Å². The van der Waals surface area contributed by atoms with E-state index in [-0.39, 0.29) is 0 Å². The van der Waals surface area contributed by atoms with Gasteiger partial charge >= 0.3 is 0 Å². The van der Waals surface area contributed by atoms with Crippen molar-refractivity contribution in [3.8, 4) is 0 Å². The molecule has 0 aromatic rings. The molecule has 0 bridgehead atoms. The summed E-state index contributed by atoms with van der Waals surface area (Å²) in [6.45, 7) is 6.35. The highest BCUT2D eigenvalue weighted by Crippen LogP contribution is 2.27. The topological polar surface area (TPSA) is 9.23 Å². The SMILES string of the molecule is CCC(Cl)C(C)CC1CCOCC1. The van der Waals surface area contributed by atoms with Crippen LogP contribution in [-0.4, -0.2) is 18.6 Å². The lowest BCUT2D eigenvalue weighted by Gasteiger charge is -2.26. The van der Waals surface area contributed by atoms with Crippen LogP contribution >= 0.6 is 11.6 Å². The molecule has 0 aromatic heterocycles. The maximum absolute atomic E-state index is 6.20. The van der Waals surface area contributed by atoms with Gasteiger partial charge in [-0.3, -0.25) is 0 Å². The maximum Gasteiger partial charge on any atom is 0.0468 e. The predicted octanol–water partition coefficient (Wildman–Crippen LogP) is 3.46. The average Bonchev–Trinajstić information content (AvgIpc) is 2.18. The Bertz CT molecular complexity index is 132. The molecule has 2 heteroatoms. The molecule has 2 unspecified atom stereocenters. The van der Waals surface area contributed by atoms with Gasteiger partial charge in [-0.05, 0) is 37.5 Å². The number of hydrogen-bond donors (Lipinski definition) is 0. The fourth-order valence-electron chi connectivity index (χ4n) is 2.06. The largest absolute Gasteiger partial charge is 0.381 e. The van der Waals surface area contributed by atoms with E-state index in [1.54, 1.807) is 0 Å². The van der Waals surface area contributed by atoms with Crippen LogP contribution < -0.4 is 0 Å². The summed E-state index contributed by atoms with van der Waals surface area (Å²) in [5.74, 6) is 1.52. The van der Waals surface area contributed by atoms with Crippen molar-refractivity contribution >= 4 is 11.6 Å². The average molecular weight is 205 g/mol. The highest BCUT2D eigenvalue weighted by Gasteiger charge is 2.20. The Kier molecular flexibility index (Phi) is 5.12. The Morgan fingerprint density at radius 1 is 1.38 bits per heavy atom. The Labute approximate surface area is 86.8 Å². The summed E-state index contributed by atoms with van der Waals surface area (Å²) in [5, 5.41) is 0.364. The second kappa shape index (κ2) is 5.87. The van der Waals surface area contributed by atoms with Crippen LogP contribution in [0.2, 0.25) is 0 Å². The van der Waals surface area contributed by atoms with Gasteiger partial charge in [0, 0.05) is 18.6 Å². The summed E-state index contributed by atoms with van der Waals surface area (Å²) in [7, 11) is 0. The number of rotatable bonds is 4. The van der Waals surface area contributed by atoms with Crippen molar-refractivity contribution in [2.45, 2.75) is 44.9 Å². The Hall–Kier alpha value is 0.250. The maximum atomic E-state index is 6.20. The zero-order valence-corrected chi connectivity index (χ0v) is 9.52. The van der Waals surface area contributed by atoms with Crippen LogP contribution in [0.4, 0.5) is 0 Å². The van der Waals surface area contributed by atoms with Crippen molar-refractivity contribution in [1.29, 1.82) is 0 Å². The lowest BCUT2D eigenvalue weighted by Crippen LogP contribution is -2.21. The molecule has 13 heavy (non-hydrogen) atoms. The van der Waals surface area contributed by atoms with Gasteiger partial charge in [0.1, 0.15) is 0 Å². The second-order valence-corrected chi connectivity index (χ2v) is 4.75. The molecule has 1 nitrogen and oxygen atoms in total.